The zero-order valence-corrected chi connectivity index (χ0v) is 18.5. The molecule has 1 aromatic heterocycles. The van der Waals surface area contributed by atoms with Crippen LogP contribution in [0.25, 0.3) is 11.3 Å². The highest BCUT2D eigenvalue weighted by Crippen LogP contribution is 2.19. The molecule has 2 aromatic carbocycles. The summed E-state index contributed by atoms with van der Waals surface area (Å²) in [5, 5.41) is 0. The van der Waals surface area contributed by atoms with Crippen molar-refractivity contribution in [3.63, 3.8) is 0 Å². The van der Waals surface area contributed by atoms with Crippen LogP contribution in [0.1, 0.15) is 15.9 Å². The number of ether oxygens (including phenoxy) is 1. The summed E-state index contributed by atoms with van der Waals surface area (Å²) in [7, 11) is 1.63. The first-order valence-corrected chi connectivity index (χ1v) is 11.0. The largest absolute Gasteiger partial charge is 0.497 e. The molecule has 1 saturated heterocycles. The van der Waals surface area contributed by atoms with E-state index < -0.39 is 0 Å². The minimum atomic E-state index is 0.163. The Bertz CT molecular complexity index is 1030. The van der Waals surface area contributed by atoms with E-state index in [-0.39, 0.29) is 5.78 Å². The van der Waals surface area contributed by atoms with Gasteiger partial charge < -0.3 is 15.4 Å². The first-order chi connectivity index (χ1) is 15.6. The van der Waals surface area contributed by atoms with Gasteiger partial charge in [0.25, 0.3) is 0 Å². The second kappa shape index (κ2) is 10.4. The van der Waals surface area contributed by atoms with Crippen LogP contribution in [-0.4, -0.2) is 66.9 Å². The second-order valence-corrected chi connectivity index (χ2v) is 8.16. The second-order valence-electron chi connectivity index (χ2n) is 8.16. The van der Waals surface area contributed by atoms with Gasteiger partial charge in [0.2, 0.25) is 0 Å². The topological polar surface area (TPSA) is 71.7 Å². The van der Waals surface area contributed by atoms with Gasteiger partial charge in [0.15, 0.2) is 5.78 Å². The van der Waals surface area contributed by atoms with Gasteiger partial charge in [-0.2, -0.15) is 0 Å². The molecule has 1 aliphatic heterocycles. The maximum atomic E-state index is 12.5. The van der Waals surface area contributed by atoms with Crippen molar-refractivity contribution in [2.75, 3.05) is 52.1 Å². The van der Waals surface area contributed by atoms with E-state index in [1.807, 2.05) is 36.4 Å². The van der Waals surface area contributed by atoms with Crippen molar-refractivity contribution in [3.8, 4) is 17.0 Å². The van der Waals surface area contributed by atoms with Gasteiger partial charge in [0.1, 0.15) is 11.6 Å². The van der Waals surface area contributed by atoms with Gasteiger partial charge in [-0.3, -0.25) is 9.69 Å². The lowest BCUT2D eigenvalue weighted by atomic mass is 10.1. The summed E-state index contributed by atoms with van der Waals surface area (Å²) in [6.07, 6.45) is 1.01. The van der Waals surface area contributed by atoms with Gasteiger partial charge in [0.05, 0.1) is 19.3 Å². The monoisotopic (exact) mass is 430 g/mol. The maximum absolute atomic E-state index is 12.5. The third-order valence-corrected chi connectivity index (χ3v) is 5.98. The van der Waals surface area contributed by atoms with Crippen LogP contribution in [0.15, 0.2) is 66.7 Å². The summed E-state index contributed by atoms with van der Waals surface area (Å²) in [5.74, 6) is 1.47. The predicted octanol–water partition coefficient (Wildman–Crippen LogP) is 3.38. The van der Waals surface area contributed by atoms with E-state index in [0.29, 0.717) is 12.4 Å². The molecule has 0 atom stereocenters. The third kappa shape index (κ3) is 5.72. The smallest absolute Gasteiger partial charge is 0.176 e. The van der Waals surface area contributed by atoms with Crippen LogP contribution >= 0.6 is 0 Å². The average molecular weight is 431 g/mol. The zero-order chi connectivity index (χ0) is 22.3. The summed E-state index contributed by atoms with van der Waals surface area (Å²) in [4.78, 5) is 21.6. The number of hydrogen-bond acceptors (Lipinski definition) is 6. The molecular weight excluding hydrogens is 400 g/mol. The number of carbonyl (C=O) groups is 1. The van der Waals surface area contributed by atoms with E-state index in [0.717, 1.165) is 61.7 Å². The van der Waals surface area contributed by atoms with Crippen molar-refractivity contribution in [1.29, 1.82) is 0 Å². The van der Waals surface area contributed by atoms with E-state index in [4.69, 9.17) is 10.5 Å². The number of piperazine rings is 1. The van der Waals surface area contributed by atoms with E-state index in [2.05, 4.69) is 39.0 Å². The molecular formula is C26H30N4O2. The summed E-state index contributed by atoms with van der Waals surface area (Å²) >= 11 is 0. The molecule has 0 radical (unpaired) electrons. The highest BCUT2D eigenvalue weighted by atomic mass is 16.5. The number of ketones is 1. The van der Waals surface area contributed by atoms with Gasteiger partial charge >= 0.3 is 0 Å². The molecule has 0 unspecified atom stereocenters. The molecule has 32 heavy (non-hydrogen) atoms. The van der Waals surface area contributed by atoms with E-state index in [9.17, 15) is 4.79 Å². The number of pyridine rings is 1. The molecule has 2 heterocycles. The van der Waals surface area contributed by atoms with Gasteiger partial charge in [0, 0.05) is 43.9 Å². The Kier molecular flexibility index (Phi) is 7.14. The van der Waals surface area contributed by atoms with Crippen LogP contribution in [0.2, 0.25) is 0 Å². The summed E-state index contributed by atoms with van der Waals surface area (Å²) < 4.78 is 5.16. The Balaban J connectivity index is 1.21. The van der Waals surface area contributed by atoms with Gasteiger partial charge in [-0.05, 0) is 48.4 Å². The minimum absolute atomic E-state index is 0.163. The number of nitrogens with zero attached hydrogens (tertiary/aromatic N) is 3. The van der Waals surface area contributed by atoms with E-state index >= 15 is 0 Å². The maximum Gasteiger partial charge on any atom is 0.176 e. The molecule has 1 fully saturated rings. The van der Waals surface area contributed by atoms with Crippen LogP contribution in [0.5, 0.6) is 5.75 Å². The molecule has 1 aliphatic rings. The number of anilines is 1. The quantitative estimate of drug-likeness (QED) is 0.553. The van der Waals surface area contributed by atoms with Crippen molar-refractivity contribution in [1.82, 2.24) is 14.8 Å². The SMILES string of the molecule is COc1ccc(C(=O)CN2CCN(CCc3ccc(-c4cccc(N)n4)cc3)CC2)cc1. The average Bonchev–Trinajstić information content (AvgIpc) is 2.84. The number of hydrogen-bond donors (Lipinski definition) is 1. The fraction of sp³-hybridized carbons (Fsp3) is 0.308. The van der Waals surface area contributed by atoms with Crippen molar-refractivity contribution < 1.29 is 9.53 Å². The number of aromatic nitrogens is 1. The van der Waals surface area contributed by atoms with Crippen molar-refractivity contribution in [2.24, 2.45) is 0 Å². The Morgan fingerprint density at radius 3 is 2.28 bits per heavy atom. The van der Waals surface area contributed by atoms with Crippen LogP contribution in [0, 0.1) is 0 Å². The Morgan fingerprint density at radius 2 is 1.62 bits per heavy atom. The van der Waals surface area contributed by atoms with E-state index in [1.54, 1.807) is 13.2 Å². The Morgan fingerprint density at radius 1 is 0.938 bits per heavy atom. The zero-order valence-electron chi connectivity index (χ0n) is 18.5. The van der Waals surface area contributed by atoms with Crippen LogP contribution in [0.3, 0.4) is 0 Å². The van der Waals surface area contributed by atoms with Crippen LogP contribution < -0.4 is 10.5 Å². The van der Waals surface area contributed by atoms with Crippen molar-refractivity contribution in [2.45, 2.75) is 6.42 Å². The van der Waals surface area contributed by atoms with Gasteiger partial charge in [-0.25, -0.2) is 4.98 Å². The number of carbonyl (C=O) groups excluding carboxylic acids is 1. The molecule has 0 aliphatic carbocycles. The van der Waals surface area contributed by atoms with Crippen LogP contribution in [0.4, 0.5) is 5.82 Å². The number of nitrogens with two attached hydrogens (primary N) is 1. The van der Waals surface area contributed by atoms with Crippen LogP contribution in [-0.2, 0) is 6.42 Å². The molecule has 6 nitrogen and oxygen atoms in total. The first-order valence-electron chi connectivity index (χ1n) is 11.0. The minimum Gasteiger partial charge on any atom is -0.497 e. The molecule has 0 spiro atoms. The normalized spacial score (nSPS) is 14.9. The molecule has 2 N–H and O–H groups in total. The van der Waals surface area contributed by atoms with Crippen molar-refractivity contribution >= 4 is 11.6 Å². The molecule has 0 amide bonds. The number of rotatable bonds is 8. The Hall–Kier alpha value is -3.22. The van der Waals surface area contributed by atoms with Gasteiger partial charge in [-0.15, -0.1) is 0 Å². The molecule has 166 valence electrons. The molecule has 0 saturated carbocycles. The first kappa shape index (κ1) is 22.0. The third-order valence-electron chi connectivity index (χ3n) is 5.98. The molecule has 3 aromatic rings. The number of Topliss-reactive ketones (excluding diaryl/α,β-unsaturated/α-hetero) is 1. The van der Waals surface area contributed by atoms with E-state index in [1.165, 1.54) is 5.56 Å². The summed E-state index contributed by atoms with van der Waals surface area (Å²) in [6, 6.07) is 21.6. The summed E-state index contributed by atoms with van der Waals surface area (Å²) in [6.45, 7) is 5.31. The fourth-order valence-electron chi connectivity index (χ4n) is 3.98. The molecule has 6 heteroatoms. The highest BCUT2D eigenvalue weighted by Gasteiger charge is 2.19. The lowest BCUT2D eigenvalue weighted by molar-refractivity contribution is 0.0854. The fourth-order valence-corrected chi connectivity index (χ4v) is 3.98. The molecule has 0 bridgehead atoms. The predicted molar refractivity (Wildman–Crippen MR) is 128 cm³/mol. The number of nitrogen functional groups attached to an aromatic ring is 1. The lowest BCUT2D eigenvalue weighted by Gasteiger charge is -2.34. The summed E-state index contributed by atoms with van der Waals surface area (Å²) in [5.41, 5.74) is 9.82. The standard InChI is InChI=1S/C26H30N4O2/c1-32-23-11-9-22(10-12-23)25(31)19-30-17-15-29(16-18-30)14-13-20-5-7-21(8-6-20)24-3-2-4-26(27)28-24/h2-12H,13-19H2,1H3,(H2,27,28). The number of methoxy groups -OCH3 is 1. The lowest BCUT2D eigenvalue weighted by Crippen LogP contribution is -2.48. The van der Waals surface area contributed by atoms with Gasteiger partial charge in [-0.1, -0.05) is 30.3 Å². The van der Waals surface area contributed by atoms with Crippen molar-refractivity contribution in [3.05, 3.63) is 77.9 Å². The Labute approximate surface area is 189 Å². The molecule has 4 rings (SSSR count). The highest BCUT2D eigenvalue weighted by molar-refractivity contribution is 5.97. The number of benzene rings is 2.